The topological polar surface area (TPSA) is 83.2 Å². The van der Waals surface area contributed by atoms with E-state index >= 15 is 0 Å². The Kier molecular flexibility index (Phi) is 15.9. The molecule has 252 valence electrons. The molecule has 0 radical (unpaired) electrons. The molecule has 0 aliphatic heterocycles. The van der Waals surface area contributed by atoms with E-state index in [1.165, 1.54) is 61.1 Å². The van der Waals surface area contributed by atoms with Gasteiger partial charge < -0.3 is 24.6 Å². The molecule has 1 amide bonds. The van der Waals surface area contributed by atoms with Crippen molar-refractivity contribution in [2.24, 2.45) is 35.3 Å². The molecule has 0 saturated heterocycles. The lowest BCUT2D eigenvalue weighted by Crippen LogP contribution is -2.52. The molecule has 1 aromatic rings. The summed E-state index contributed by atoms with van der Waals surface area (Å²) >= 11 is 0. The van der Waals surface area contributed by atoms with Gasteiger partial charge in [0.1, 0.15) is 6.54 Å². The van der Waals surface area contributed by atoms with E-state index in [0.717, 1.165) is 49.7 Å². The number of quaternary nitrogens is 2. The van der Waals surface area contributed by atoms with Gasteiger partial charge in [-0.1, -0.05) is 71.7 Å². The third-order valence-electron chi connectivity index (χ3n) is 11.0. The fourth-order valence-corrected chi connectivity index (χ4v) is 8.61. The molecule has 6 unspecified atom stereocenters. The smallest absolute Gasteiger partial charge is 0.220 e. The molecule has 1 fully saturated rings. The molecule has 0 bridgehead atoms. The first-order valence-corrected chi connectivity index (χ1v) is 18.1. The summed E-state index contributed by atoms with van der Waals surface area (Å²) in [6.07, 6.45) is 9.62. The molecule has 6 heteroatoms. The molecule has 0 aromatic heterocycles. The number of aliphatic carboxylic acids is 1. The average Bonchev–Trinajstić information content (AvgIpc) is 3.41. The Hall–Kier alpha value is -1.92. The fourth-order valence-electron chi connectivity index (χ4n) is 8.61. The quantitative estimate of drug-likeness (QED) is 0.151. The van der Waals surface area contributed by atoms with Crippen LogP contribution in [0.5, 0.6) is 0 Å². The number of primary amides is 1. The minimum Gasteiger partial charge on any atom is -0.550 e. The summed E-state index contributed by atoms with van der Waals surface area (Å²) in [6, 6.07) is 9.36. The van der Waals surface area contributed by atoms with E-state index in [0.29, 0.717) is 30.6 Å². The van der Waals surface area contributed by atoms with Crippen molar-refractivity contribution < 1.29 is 23.7 Å². The molecule has 2 rings (SSSR count). The largest absolute Gasteiger partial charge is 0.550 e. The Bertz CT molecular complexity index is 975. The summed E-state index contributed by atoms with van der Waals surface area (Å²) in [6.45, 7) is 20.6. The van der Waals surface area contributed by atoms with E-state index in [1.54, 1.807) is 0 Å². The Balaban J connectivity index is 2.38. The molecule has 6 atom stereocenters. The van der Waals surface area contributed by atoms with Crippen LogP contribution >= 0.6 is 0 Å². The molecule has 1 aliphatic carbocycles. The maximum atomic E-state index is 12.5. The predicted molar refractivity (Wildman–Crippen MR) is 181 cm³/mol. The van der Waals surface area contributed by atoms with Gasteiger partial charge in [-0.05, 0) is 81.6 Å². The number of hydrogen-bond acceptors (Lipinski definition) is 3. The van der Waals surface area contributed by atoms with Gasteiger partial charge in [-0.15, -0.1) is 0 Å². The van der Waals surface area contributed by atoms with Gasteiger partial charge >= 0.3 is 0 Å². The minimum absolute atomic E-state index is 0.0447. The van der Waals surface area contributed by atoms with E-state index in [9.17, 15) is 14.7 Å². The zero-order chi connectivity index (χ0) is 32.9. The second-order valence-electron chi connectivity index (χ2n) is 15.1. The van der Waals surface area contributed by atoms with Gasteiger partial charge in [-0.3, -0.25) is 4.79 Å². The van der Waals surface area contributed by atoms with Crippen molar-refractivity contribution >= 4 is 11.9 Å². The van der Waals surface area contributed by atoms with Crippen molar-refractivity contribution in [2.45, 2.75) is 118 Å². The van der Waals surface area contributed by atoms with Gasteiger partial charge in [0.25, 0.3) is 0 Å². The third-order valence-corrected chi connectivity index (χ3v) is 11.0. The van der Waals surface area contributed by atoms with Gasteiger partial charge in [0.2, 0.25) is 5.91 Å². The van der Waals surface area contributed by atoms with Crippen LogP contribution in [0, 0.1) is 29.6 Å². The van der Waals surface area contributed by atoms with E-state index in [4.69, 9.17) is 5.73 Å². The third kappa shape index (κ3) is 11.5. The second kappa shape index (κ2) is 18.3. The molecule has 1 aromatic carbocycles. The molecule has 0 heterocycles. The molecule has 1 aliphatic rings. The van der Waals surface area contributed by atoms with Crippen LogP contribution in [-0.4, -0.2) is 67.7 Å². The van der Waals surface area contributed by atoms with Crippen molar-refractivity contribution in [2.75, 3.05) is 46.8 Å². The number of rotatable bonds is 22. The second-order valence-corrected chi connectivity index (χ2v) is 15.1. The summed E-state index contributed by atoms with van der Waals surface area (Å²) in [5.41, 5.74) is 8.42. The van der Waals surface area contributed by atoms with Crippen molar-refractivity contribution in [3.8, 4) is 0 Å². The van der Waals surface area contributed by atoms with Crippen molar-refractivity contribution in [3.63, 3.8) is 0 Å². The summed E-state index contributed by atoms with van der Waals surface area (Å²) in [5, 5.41) is 12.5. The highest BCUT2D eigenvalue weighted by Gasteiger charge is 2.38. The summed E-state index contributed by atoms with van der Waals surface area (Å²) < 4.78 is 2.18. The van der Waals surface area contributed by atoms with Crippen molar-refractivity contribution in [3.05, 3.63) is 35.4 Å². The number of carboxylic acids is 1. The molecule has 1 saturated carbocycles. The molecule has 6 nitrogen and oxygen atoms in total. The number of benzene rings is 1. The number of carbonyl (C=O) groups is 2. The lowest BCUT2D eigenvalue weighted by atomic mass is 9.73. The molecule has 2 N–H and O–H groups in total. The van der Waals surface area contributed by atoms with Gasteiger partial charge in [0.15, 0.2) is 0 Å². The average molecular weight is 615 g/mol. The van der Waals surface area contributed by atoms with E-state index in [1.807, 2.05) is 6.92 Å². The highest BCUT2D eigenvalue weighted by atomic mass is 16.4. The molecule has 44 heavy (non-hydrogen) atoms. The van der Waals surface area contributed by atoms with Crippen LogP contribution in [0.1, 0.15) is 123 Å². The summed E-state index contributed by atoms with van der Waals surface area (Å²) in [4.78, 5) is 24.6. The summed E-state index contributed by atoms with van der Waals surface area (Å²) in [5.74, 6) is -1.11. The lowest BCUT2D eigenvalue weighted by molar-refractivity contribution is -0.931. The molecular formula is C38H68N3O3+. The number of hydrogen-bond donors (Lipinski definition) is 1. The monoisotopic (exact) mass is 615 g/mol. The standard InChI is InChI=1S/C38H67N3O3/c1-9-21-41(22-10-2,23-11-3)27-29(6)24-34(32-19-17-30(18-20-32)28-40(7,8)13-5)25-33-15-14-16-35(33)36(38(43)44)26-31(12-4)37(39)42/h17-20,29,31,33-36H,9-16,21-28H2,1-8H3,(H-2,39,42,43,44)/p+1. The highest BCUT2D eigenvalue weighted by Crippen LogP contribution is 2.45. The maximum Gasteiger partial charge on any atom is 0.220 e. The fraction of sp³-hybridized carbons (Fsp3) is 0.789. The van der Waals surface area contributed by atoms with Gasteiger partial charge in [-0.2, -0.15) is 0 Å². The first kappa shape index (κ1) is 38.3. The Morgan fingerprint density at radius 2 is 1.52 bits per heavy atom. The van der Waals surface area contributed by atoms with Crippen LogP contribution in [0.15, 0.2) is 24.3 Å². The number of carboxylic acid groups (broad SMARTS) is 1. The van der Waals surface area contributed by atoms with Crippen LogP contribution in [0.2, 0.25) is 0 Å². The zero-order valence-electron chi connectivity index (χ0n) is 29.8. The van der Waals surface area contributed by atoms with E-state index < -0.39 is 23.7 Å². The number of amides is 1. The first-order valence-electron chi connectivity index (χ1n) is 18.1. The number of nitrogens with zero attached hydrogens (tertiary/aromatic N) is 2. The van der Waals surface area contributed by atoms with Crippen LogP contribution in [0.25, 0.3) is 0 Å². The van der Waals surface area contributed by atoms with Gasteiger partial charge in [0.05, 0.1) is 46.8 Å². The highest BCUT2D eigenvalue weighted by molar-refractivity contribution is 5.77. The lowest BCUT2D eigenvalue weighted by Gasteiger charge is -2.41. The maximum absolute atomic E-state index is 12.5. The normalized spacial score (nSPS) is 20.3. The first-order chi connectivity index (χ1) is 20.8. The molecule has 0 spiro atoms. The Labute approximate surface area is 271 Å². The Morgan fingerprint density at radius 1 is 0.932 bits per heavy atom. The summed E-state index contributed by atoms with van der Waals surface area (Å²) in [7, 11) is 4.56. The van der Waals surface area contributed by atoms with Crippen molar-refractivity contribution in [1.29, 1.82) is 0 Å². The van der Waals surface area contributed by atoms with Gasteiger partial charge in [0, 0.05) is 29.3 Å². The number of carbonyl (C=O) groups excluding carboxylic acids is 2. The predicted octanol–water partition coefficient (Wildman–Crippen LogP) is 6.51. The van der Waals surface area contributed by atoms with Crippen LogP contribution in [0.4, 0.5) is 0 Å². The van der Waals surface area contributed by atoms with E-state index in [-0.39, 0.29) is 5.92 Å². The van der Waals surface area contributed by atoms with Crippen molar-refractivity contribution in [1.82, 2.24) is 0 Å². The van der Waals surface area contributed by atoms with E-state index in [2.05, 4.69) is 73.0 Å². The minimum atomic E-state index is -1.01. The van der Waals surface area contributed by atoms with Crippen LogP contribution < -0.4 is 10.8 Å². The van der Waals surface area contributed by atoms with Crippen LogP contribution in [-0.2, 0) is 16.1 Å². The van der Waals surface area contributed by atoms with Gasteiger partial charge in [-0.25, -0.2) is 0 Å². The zero-order valence-corrected chi connectivity index (χ0v) is 29.8. The number of nitrogens with two attached hydrogens (primary N) is 1. The Morgan fingerprint density at radius 3 is 2.00 bits per heavy atom. The SMILES string of the molecule is CCC[N+](CCC)(CCC)CC(C)CC(CC1CCCC1C(CC(CC)C(N)=O)C(=O)[O-])c1ccc(C[N+](C)(C)CC)cc1. The van der Waals surface area contributed by atoms with Crippen LogP contribution in [0.3, 0.4) is 0 Å². The molecular weight excluding hydrogens is 546 g/mol.